The smallest absolute Gasteiger partial charge is 0.293 e. The zero-order chi connectivity index (χ0) is 8.72. The molecule has 0 unspecified atom stereocenters. The molecule has 0 spiro atoms. The van der Waals surface area contributed by atoms with Crippen LogP contribution in [-0.2, 0) is 0 Å². The molecular weight excluding hydrogens is 248 g/mol. The molecule has 0 bridgehead atoms. The number of rotatable bonds is 0. The fourth-order valence-corrected chi connectivity index (χ4v) is 1.49. The van der Waals surface area contributed by atoms with Gasteiger partial charge < -0.3 is 4.42 Å². The predicted molar refractivity (Wildman–Crippen MR) is 46.7 cm³/mol. The van der Waals surface area contributed by atoms with Gasteiger partial charge in [-0.15, -0.1) is 0 Å². The molecule has 2 nitrogen and oxygen atoms in total. The summed E-state index contributed by atoms with van der Waals surface area (Å²) in [5.41, 5.74) is 0.869. The Bertz CT molecular complexity index is 442. The van der Waals surface area contributed by atoms with Crippen LogP contribution in [0.15, 0.2) is 21.0 Å². The zero-order valence-electron chi connectivity index (χ0n) is 5.64. The second kappa shape index (κ2) is 2.71. The van der Waals surface area contributed by atoms with E-state index in [1.807, 2.05) is 0 Å². The second-order valence-corrected chi connectivity index (χ2v) is 3.29. The van der Waals surface area contributed by atoms with E-state index in [2.05, 4.69) is 20.9 Å². The van der Waals surface area contributed by atoms with Gasteiger partial charge in [0.25, 0.3) is 5.35 Å². The molecule has 1 aromatic carbocycles. The lowest BCUT2D eigenvalue weighted by Gasteiger charge is -1.91. The molecule has 0 aliphatic heterocycles. The summed E-state index contributed by atoms with van der Waals surface area (Å²) in [6.45, 7) is 0. The van der Waals surface area contributed by atoms with Gasteiger partial charge in [-0.1, -0.05) is 0 Å². The van der Waals surface area contributed by atoms with Crippen LogP contribution in [0.4, 0.5) is 4.39 Å². The highest BCUT2D eigenvalue weighted by Gasteiger charge is 2.10. The van der Waals surface area contributed by atoms with Crippen molar-refractivity contribution in [2.24, 2.45) is 0 Å². The molecule has 0 aliphatic carbocycles. The third-order valence-electron chi connectivity index (χ3n) is 1.42. The van der Waals surface area contributed by atoms with Gasteiger partial charge in [-0.3, -0.25) is 0 Å². The summed E-state index contributed by atoms with van der Waals surface area (Å²) in [6, 6.07) is 2.80. The molecule has 0 atom stereocenters. The van der Waals surface area contributed by atoms with E-state index in [9.17, 15) is 4.39 Å². The molecule has 0 saturated heterocycles. The topological polar surface area (TPSA) is 26.0 Å². The van der Waals surface area contributed by atoms with Crippen molar-refractivity contribution in [3.8, 4) is 0 Å². The first kappa shape index (κ1) is 8.01. The van der Waals surface area contributed by atoms with E-state index in [1.54, 1.807) is 0 Å². The third kappa shape index (κ3) is 1.11. The lowest BCUT2D eigenvalue weighted by molar-refractivity contribution is 0.587. The van der Waals surface area contributed by atoms with Crippen molar-refractivity contribution in [1.82, 2.24) is 4.98 Å². The van der Waals surface area contributed by atoms with Crippen molar-refractivity contribution in [3.63, 3.8) is 0 Å². The Hall–Kier alpha value is -0.610. The Kier molecular flexibility index (Phi) is 1.81. The first-order chi connectivity index (χ1) is 5.68. The minimum absolute atomic E-state index is 0.0105. The first-order valence-electron chi connectivity index (χ1n) is 3.08. The Labute approximate surface area is 80.5 Å². The zero-order valence-corrected chi connectivity index (χ0v) is 7.99. The van der Waals surface area contributed by atoms with Crippen LogP contribution >= 0.6 is 27.5 Å². The largest absolute Gasteiger partial charge is 0.426 e. The number of hydrogen-bond acceptors (Lipinski definition) is 2. The van der Waals surface area contributed by atoms with Gasteiger partial charge in [0.1, 0.15) is 11.3 Å². The fraction of sp³-hybridized carbons (Fsp3) is 0. The molecule has 1 aromatic heterocycles. The number of oxazole rings is 1. The van der Waals surface area contributed by atoms with Crippen LogP contribution in [0, 0.1) is 5.82 Å². The van der Waals surface area contributed by atoms with Crippen molar-refractivity contribution >= 4 is 38.6 Å². The summed E-state index contributed by atoms with van der Waals surface area (Å²) >= 11 is 8.51. The molecule has 62 valence electrons. The first-order valence-corrected chi connectivity index (χ1v) is 4.25. The summed E-state index contributed by atoms with van der Waals surface area (Å²) in [7, 11) is 0. The van der Waals surface area contributed by atoms with Gasteiger partial charge >= 0.3 is 0 Å². The molecule has 0 N–H and O–H groups in total. The summed E-state index contributed by atoms with van der Waals surface area (Å²) in [5, 5.41) is 0.0105. The van der Waals surface area contributed by atoms with Crippen molar-refractivity contribution in [3.05, 3.63) is 27.8 Å². The molecule has 0 radical (unpaired) electrons. The van der Waals surface area contributed by atoms with Gasteiger partial charge in [0.05, 0.1) is 4.47 Å². The molecule has 12 heavy (non-hydrogen) atoms. The standard InChI is InChI=1S/C7H2BrClFNO/c8-5-3(10)1-2-4-6(5)12-7(9)11-4/h1-2H. The molecule has 0 saturated carbocycles. The molecule has 2 aromatic rings. The molecule has 1 heterocycles. The van der Waals surface area contributed by atoms with E-state index in [0.717, 1.165) is 0 Å². The van der Waals surface area contributed by atoms with E-state index in [1.165, 1.54) is 12.1 Å². The van der Waals surface area contributed by atoms with Crippen molar-refractivity contribution in [1.29, 1.82) is 0 Å². The summed E-state index contributed by atoms with van der Waals surface area (Å²) in [5.74, 6) is -0.393. The highest BCUT2D eigenvalue weighted by Crippen LogP contribution is 2.28. The SMILES string of the molecule is Fc1ccc2nc(Cl)oc2c1Br. The van der Waals surface area contributed by atoms with Gasteiger partial charge in [-0.2, -0.15) is 4.98 Å². The Morgan fingerprint density at radius 2 is 2.25 bits per heavy atom. The number of aromatic nitrogens is 1. The van der Waals surface area contributed by atoms with Crippen molar-refractivity contribution < 1.29 is 8.81 Å². The van der Waals surface area contributed by atoms with E-state index < -0.39 is 5.82 Å². The molecule has 0 aliphatic rings. The van der Waals surface area contributed by atoms with Crippen LogP contribution in [0.2, 0.25) is 5.35 Å². The number of fused-ring (bicyclic) bond motifs is 1. The van der Waals surface area contributed by atoms with Crippen LogP contribution in [0.1, 0.15) is 0 Å². The average Bonchev–Trinajstić information content (AvgIpc) is 2.39. The molecule has 2 rings (SSSR count). The van der Waals surface area contributed by atoms with Crippen LogP contribution in [0.5, 0.6) is 0 Å². The predicted octanol–water partition coefficient (Wildman–Crippen LogP) is 3.38. The van der Waals surface area contributed by atoms with E-state index >= 15 is 0 Å². The fourth-order valence-electron chi connectivity index (χ4n) is 0.909. The quantitative estimate of drug-likeness (QED) is 0.716. The maximum absolute atomic E-state index is 12.9. The summed E-state index contributed by atoms with van der Waals surface area (Å²) < 4.78 is 18.1. The number of halogens is 3. The lowest BCUT2D eigenvalue weighted by atomic mass is 10.3. The number of benzene rings is 1. The Balaban J connectivity index is 2.89. The second-order valence-electron chi connectivity index (χ2n) is 2.18. The lowest BCUT2D eigenvalue weighted by Crippen LogP contribution is -1.76. The highest BCUT2D eigenvalue weighted by molar-refractivity contribution is 9.10. The van der Waals surface area contributed by atoms with Gasteiger partial charge in [0.15, 0.2) is 5.58 Å². The maximum Gasteiger partial charge on any atom is 0.293 e. The van der Waals surface area contributed by atoms with E-state index in [0.29, 0.717) is 11.1 Å². The Morgan fingerprint density at radius 1 is 1.50 bits per heavy atom. The van der Waals surface area contributed by atoms with Gasteiger partial charge in [0, 0.05) is 0 Å². The van der Waals surface area contributed by atoms with Crippen molar-refractivity contribution in [2.45, 2.75) is 0 Å². The van der Waals surface area contributed by atoms with Crippen LogP contribution in [0.3, 0.4) is 0 Å². The van der Waals surface area contributed by atoms with Crippen molar-refractivity contribution in [2.75, 3.05) is 0 Å². The van der Waals surface area contributed by atoms with E-state index in [-0.39, 0.29) is 9.82 Å². The summed E-state index contributed by atoms with van der Waals surface area (Å²) in [4.78, 5) is 3.82. The van der Waals surface area contributed by atoms with Gasteiger partial charge in [-0.05, 0) is 39.7 Å². The van der Waals surface area contributed by atoms with E-state index in [4.69, 9.17) is 16.0 Å². The molecular formula is C7H2BrClFNO. The number of nitrogens with zero attached hydrogens (tertiary/aromatic N) is 1. The normalized spacial score (nSPS) is 10.9. The van der Waals surface area contributed by atoms with Gasteiger partial charge in [0.2, 0.25) is 0 Å². The molecule has 5 heteroatoms. The molecule has 0 fully saturated rings. The Morgan fingerprint density at radius 3 is 3.00 bits per heavy atom. The minimum atomic E-state index is -0.393. The highest BCUT2D eigenvalue weighted by atomic mass is 79.9. The average molecular weight is 250 g/mol. The van der Waals surface area contributed by atoms with Crippen LogP contribution in [0.25, 0.3) is 11.1 Å². The summed E-state index contributed by atoms with van der Waals surface area (Å²) in [6.07, 6.45) is 0. The van der Waals surface area contributed by atoms with Crippen LogP contribution < -0.4 is 0 Å². The minimum Gasteiger partial charge on any atom is -0.426 e. The van der Waals surface area contributed by atoms with Gasteiger partial charge in [-0.25, -0.2) is 4.39 Å². The number of hydrogen-bond donors (Lipinski definition) is 0. The maximum atomic E-state index is 12.9. The third-order valence-corrected chi connectivity index (χ3v) is 2.32. The van der Waals surface area contributed by atoms with Crippen LogP contribution in [-0.4, -0.2) is 4.98 Å². The molecule has 0 amide bonds. The monoisotopic (exact) mass is 249 g/mol.